The van der Waals surface area contributed by atoms with Crippen molar-refractivity contribution in [2.24, 2.45) is 0 Å². The molecule has 0 fully saturated rings. The fourth-order valence-electron chi connectivity index (χ4n) is 14.6. The lowest BCUT2D eigenvalue weighted by Crippen LogP contribution is -1.92. The van der Waals surface area contributed by atoms with E-state index in [1.54, 1.807) is 0 Å². The van der Waals surface area contributed by atoms with Crippen LogP contribution in [0.15, 0.2) is 121 Å². The molecular weight excluding hydrogens is 1020 g/mol. The Kier molecular flexibility index (Phi) is 15.9. The summed E-state index contributed by atoms with van der Waals surface area (Å²) in [6.45, 7) is 44.3. The van der Waals surface area contributed by atoms with E-state index in [2.05, 4.69) is 260 Å². The molecule has 0 nitrogen and oxygen atoms in total. The van der Waals surface area contributed by atoms with Gasteiger partial charge in [-0.25, -0.2) is 0 Å². The third kappa shape index (κ3) is 10.9. The van der Waals surface area contributed by atoms with Crippen LogP contribution in [-0.4, -0.2) is 0 Å². The van der Waals surface area contributed by atoms with E-state index in [1.807, 2.05) is 0 Å². The van der Waals surface area contributed by atoms with Crippen LogP contribution < -0.4 is 0 Å². The van der Waals surface area contributed by atoms with Gasteiger partial charge in [0.25, 0.3) is 0 Å². The number of hydrogen-bond acceptors (Lipinski definition) is 0. The van der Waals surface area contributed by atoms with E-state index in [0.29, 0.717) is 0 Å². The molecule has 0 N–H and O–H groups in total. The van der Waals surface area contributed by atoms with Gasteiger partial charge in [-0.15, -0.1) is 0 Å². The molecule has 0 saturated carbocycles. The second-order valence-corrected chi connectivity index (χ2v) is 26.6. The molecule has 0 bridgehead atoms. The first kappa shape index (κ1) is 59.0. The molecule has 430 valence electrons. The van der Waals surface area contributed by atoms with Crippen LogP contribution in [-0.2, 0) is 32.1 Å². The molecule has 0 heterocycles. The zero-order valence-corrected chi connectivity index (χ0v) is 55.1. The van der Waals surface area contributed by atoms with Gasteiger partial charge in [0, 0.05) is 0 Å². The van der Waals surface area contributed by atoms with Gasteiger partial charge < -0.3 is 0 Å². The van der Waals surface area contributed by atoms with Gasteiger partial charge in [-0.05, 0) is 388 Å². The van der Waals surface area contributed by atoms with Crippen molar-refractivity contribution in [1.82, 2.24) is 0 Å². The Morgan fingerprint density at radius 3 is 1.12 bits per heavy atom. The van der Waals surface area contributed by atoms with Crippen LogP contribution in [0, 0.1) is 138 Å². The Labute approximate surface area is 511 Å². The largest absolute Gasteiger partial charge is 0.0614 e. The molecule has 10 aromatic rings. The summed E-state index contributed by atoms with van der Waals surface area (Å²) in [6, 6.07) is 46.3. The number of fused-ring (bicyclic) bond motifs is 15. The van der Waals surface area contributed by atoms with Crippen molar-refractivity contribution in [2.75, 3.05) is 0 Å². The lowest BCUT2D eigenvalue weighted by Gasteiger charge is -2.12. The molecule has 5 aliphatic carbocycles. The number of aryl methyl sites for hydroxylation is 17. The van der Waals surface area contributed by atoms with Crippen molar-refractivity contribution in [3.63, 3.8) is 0 Å². The Hall–Kier alpha value is -7.80. The van der Waals surface area contributed by atoms with Gasteiger partial charge in [0.05, 0.1) is 0 Å². The van der Waals surface area contributed by atoms with Gasteiger partial charge in [0.15, 0.2) is 0 Å². The smallest absolute Gasteiger partial charge is 0.00106 e. The topological polar surface area (TPSA) is 0 Å². The standard InChI is InChI=1S/5C17H18/c1-10-5-14-9-15-6-11(2)13(4)8-17(15)16(14)7-12(10)3;1-10-5-13(4)17-15(6-10)9-14-7-11(2)12(3)8-16(14)17;1-10-5-6-14-9-15-7-11(2)12(3)8-16(15)17(14)13(10)4;1-10-5-6-11(2)17-15(10)9-14-7-12(3)13(4)8-16(14)17;1-10-6-5-7-15-16(10)9-14-8-11(2)12(3)13(4)17(14)15/h5*5-8H,9H2,1-4H3. The third-order valence-corrected chi connectivity index (χ3v) is 20.6. The zero-order chi connectivity index (χ0) is 60.8. The molecule has 0 aliphatic heterocycles. The van der Waals surface area contributed by atoms with Gasteiger partial charge in [-0.1, -0.05) is 127 Å². The van der Waals surface area contributed by atoms with E-state index in [0.717, 1.165) is 32.1 Å². The second-order valence-electron chi connectivity index (χ2n) is 26.6. The maximum atomic E-state index is 2.37. The predicted molar refractivity (Wildman–Crippen MR) is 368 cm³/mol. The van der Waals surface area contributed by atoms with Gasteiger partial charge in [-0.3, -0.25) is 0 Å². The molecule has 0 aromatic heterocycles. The van der Waals surface area contributed by atoms with E-state index < -0.39 is 0 Å². The van der Waals surface area contributed by atoms with Crippen molar-refractivity contribution >= 4 is 0 Å². The minimum atomic E-state index is 1.10. The summed E-state index contributed by atoms with van der Waals surface area (Å²) < 4.78 is 0. The fourth-order valence-corrected chi connectivity index (χ4v) is 14.6. The van der Waals surface area contributed by atoms with Crippen molar-refractivity contribution in [2.45, 2.75) is 171 Å². The van der Waals surface area contributed by atoms with E-state index in [1.165, 1.54) is 223 Å². The molecule has 10 aromatic carbocycles. The monoisotopic (exact) mass is 1110 g/mol. The number of rotatable bonds is 0. The third-order valence-electron chi connectivity index (χ3n) is 20.6. The Balaban J connectivity index is 0.000000111. The Morgan fingerprint density at radius 2 is 0.565 bits per heavy atom. The van der Waals surface area contributed by atoms with Crippen LogP contribution in [0.4, 0.5) is 0 Å². The molecule has 0 saturated heterocycles. The lowest BCUT2D eigenvalue weighted by molar-refractivity contribution is 1.19. The molecule has 0 atom stereocenters. The van der Waals surface area contributed by atoms with Gasteiger partial charge in [-0.2, -0.15) is 0 Å². The number of benzene rings is 10. The SMILES string of the molecule is Cc1cc(C)c2c(c1)Cc1cc(C)c(C)cc1-2.Cc1cc2c(c(C)c1C)-c1cccc(C)c1C2.Cc1cc2c(cc1C)-c1c(C)ccc(C)c1C2.Cc1cc2c(cc1C)-c1c(ccc(C)c1C)C2.Cc1cc2c(cc1C)-c1cc(C)c(C)cc1C2. The first-order valence-electron chi connectivity index (χ1n) is 31.4. The Bertz CT molecular complexity index is 4340. The van der Waals surface area contributed by atoms with Crippen LogP contribution in [0.25, 0.3) is 55.6 Å². The maximum absolute atomic E-state index is 2.37. The summed E-state index contributed by atoms with van der Waals surface area (Å²) in [4.78, 5) is 0. The fraction of sp³-hybridized carbons (Fsp3) is 0.294. The first-order chi connectivity index (χ1) is 40.4. The average Bonchev–Trinajstić information content (AvgIpc) is 3.54. The molecule has 0 unspecified atom stereocenters. The van der Waals surface area contributed by atoms with Crippen LogP contribution in [0.2, 0.25) is 0 Å². The van der Waals surface area contributed by atoms with Gasteiger partial charge in [0.1, 0.15) is 0 Å². The maximum Gasteiger partial charge on any atom is -0.00106 e. The highest BCUT2D eigenvalue weighted by atomic mass is 14.3. The predicted octanol–water partition coefficient (Wildman–Crippen LogP) is 22.5. The first-order valence-corrected chi connectivity index (χ1v) is 31.4. The molecular formula is C85H90. The van der Waals surface area contributed by atoms with E-state index in [4.69, 9.17) is 0 Å². The average molecular weight is 1110 g/mol. The van der Waals surface area contributed by atoms with Crippen molar-refractivity contribution in [3.05, 3.63) is 288 Å². The molecule has 5 aliphatic rings. The molecule has 0 radical (unpaired) electrons. The minimum absolute atomic E-state index is 1.10. The molecule has 0 heteroatoms. The van der Waals surface area contributed by atoms with Crippen LogP contribution in [0.5, 0.6) is 0 Å². The van der Waals surface area contributed by atoms with Gasteiger partial charge in [0.2, 0.25) is 0 Å². The summed E-state index contributed by atoms with van der Waals surface area (Å²) >= 11 is 0. The van der Waals surface area contributed by atoms with Crippen molar-refractivity contribution in [1.29, 1.82) is 0 Å². The summed E-state index contributed by atoms with van der Waals surface area (Å²) in [5.41, 5.74) is 58.0. The second kappa shape index (κ2) is 22.9. The quantitative estimate of drug-likeness (QED) is 0.142. The highest BCUT2D eigenvalue weighted by Gasteiger charge is 2.27. The van der Waals surface area contributed by atoms with Crippen LogP contribution in [0.1, 0.15) is 167 Å². The lowest BCUT2D eigenvalue weighted by atomic mass is 9.93. The van der Waals surface area contributed by atoms with Crippen molar-refractivity contribution in [3.8, 4) is 55.6 Å². The number of hydrogen-bond donors (Lipinski definition) is 0. The van der Waals surface area contributed by atoms with Crippen molar-refractivity contribution < 1.29 is 0 Å². The Morgan fingerprint density at radius 1 is 0.188 bits per heavy atom. The summed E-state index contributed by atoms with van der Waals surface area (Å²) in [5, 5.41) is 0. The van der Waals surface area contributed by atoms with Crippen LogP contribution in [0.3, 0.4) is 0 Å². The molecule has 15 rings (SSSR count). The summed E-state index contributed by atoms with van der Waals surface area (Å²) in [7, 11) is 0. The highest BCUT2D eigenvalue weighted by molar-refractivity contribution is 5.85. The van der Waals surface area contributed by atoms with E-state index >= 15 is 0 Å². The minimum Gasteiger partial charge on any atom is -0.0614 e. The highest BCUT2D eigenvalue weighted by Crippen LogP contribution is 2.46. The normalized spacial score (nSPS) is 12.5. The summed E-state index contributed by atoms with van der Waals surface area (Å²) in [5.74, 6) is 0. The zero-order valence-electron chi connectivity index (χ0n) is 55.1. The van der Waals surface area contributed by atoms with E-state index in [-0.39, 0.29) is 0 Å². The van der Waals surface area contributed by atoms with E-state index in [9.17, 15) is 0 Å². The molecule has 0 spiro atoms. The van der Waals surface area contributed by atoms with Gasteiger partial charge >= 0.3 is 0 Å². The molecule has 0 amide bonds. The summed E-state index contributed by atoms with van der Waals surface area (Å²) in [6.07, 6.45) is 5.53. The molecule has 85 heavy (non-hydrogen) atoms. The van der Waals surface area contributed by atoms with Crippen LogP contribution >= 0.6 is 0 Å².